The molecule has 1 fully saturated rings. The fourth-order valence-corrected chi connectivity index (χ4v) is 4.33. The summed E-state index contributed by atoms with van der Waals surface area (Å²) in [7, 11) is 0. The van der Waals surface area contributed by atoms with Gasteiger partial charge in [-0.15, -0.1) is 11.8 Å². The summed E-state index contributed by atoms with van der Waals surface area (Å²) < 4.78 is 0. The van der Waals surface area contributed by atoms with E-state index >= 15 is 0 Å². The standard InChI is InChI=1S/C17H25N3O2S.C4H4O4/c21-13-11-19-9-7-18(8-10-19)6-5-17(22)20-12-14-23-16-4-2-1-3-15(16)20;5-3(6)1-2-4(7)8/h1-4,21H,5-14H2;1-2H,(H,5,6)(H,7,8)/b;2-1-. The number of carboxylic acids is 2. The summed E-state index contributed by atoms with van der Waals surface area (Å²) in [6.07, 6.45) is 1.70. The number of aliphatic hydroxyl groups is 1. The van der Waals surface area contributed by atoms with E-state index in [1.54, 1.807) is 0 Å². The Morgan fingerprint density at radius 3 is 2.06 bits per heavy atom. The van der Waals surface area contributed by atoms with Gasteiger partial charge in [-0.05, 0) is 12.1 Å². The first-order chi connectivity index (χ1) is 14.9. The topological polar surface area (TPSA) is 122 Å². The lowest BCUT2D eigenvalue weighted by atomic mass is 10.2. The van der Waals surface area contributed by atoms with E-state index in [4.69, 9.17) is 15.3 Å². The molecule has 0 radical (unpaired) electrons. The molecule has 9 nitrogen and oxygen atoms in total. The molecular weight excluding hydrogens is 422 g/mol. The van der Waals surface area contributed by atoms with Crippen LogP contribution in [0.25, 0.3) is 0 Å². The number of hydrogen-bond donors (Lipinski definition) is 3. The minimum absolute atomic E-state index is 0.227. The molecule has 1 saturated heterocycles. The van der Waals surface area contributed by atoms with Crippen LogP contribution >= 0.6 is 11.8 Å². The van der Waals surface area contributed by atoms with Crippen molar-refractivity contribution in [1.29, 1.82) is 0 Å². The van der Waals surface area contributed by atoms with E-state index in [2.05, 4.69) is 15.9 Å². The summed E-state index contributed by atoms with van der Waals surface area (Å²) in [5.41, 5.74) is 1.07. The third-order valence-electron chi connectivity index (χ3n) is 4.92. The minimum Gasteiger partial charge on any atom is -0.478 e. The number of fused-ring (bicyclic) bond motifs is 1. The van der Waals surface area contributed by atoms with Crippen molar-refractivity contribution < 1.29 is 29.7 Å². The smallest absolute Gasteiger partial charge is 0.328 e. The van der Waals surface area contributed by atoms with E-state index in [0.29, 0.717) is 18.6 Å². The van der Waals surface area contributed by atoms with Gasteiger partial charge >= 0.3 is 11.9 Å². The number of rotatable bonds is 7. The summed E-state index contributed by atoms with van der Waals surface area (Å²) in [5, 5.41) is 24.6. The third-order valence-corrected chi connectivity index (χ3v) is 5.96. The van der Waals surface area contributed by atoms with Crippen molar-refractivity contribution in [2.45, 2.75) is 11.3 Å². The first-order valence-corrected chi connectivity index (χ1v) is 11.1. The molecule has 31 heavy (non-hydrogen) atoms. The molecule has 1 amide bonds. The molecule has 2 heterocycles. The first kappa shape index (κ1) is 24.9. The highest BCUT2D eigenvalue weighted by Crippen LogP contribution is 2.34. The lowest BCUT2D eigenvalue weighted by Gasteiger charge is -2.35. The van der Waals surface area contributed by atoms with Gasteiger partial charge in [0, 0.05) is 75.0 Å². The van der Waals surface area contributed by atoms with Crippen LogP contribution in [-0.4, -0.2) is 101 Å². The Morgan fingerprint density at radius 2 is 1.48 bits per heavy atom. The van der Waals surface area contributed by atoms with Crippen molar-refractivity contribution in [3.63, 3.8) is 0 Å². The number of para-hydroxylation sites is 1. The van der Waals surface area contributed by atoms with Gasteiger partial charge in [0.25, 0.3) is 0 Å². The van der Waals surface area contributed by atoms with Gasteiger partial charge in [0.15, 0.2) is 0 Å². The summed E-state index contributed by atoms with van der Waals surface area (Å²) >= 11 is 1.83. The zero-order valence-corrected chi connectivity index (χ0v) is 18.2. The van der Waals surface area contributed by atoms with Crippen molar-refractivity contribution in [3.8, 4) is 0 Å². The Balaban J connectivity index is 0.000000366. The van der Waals surface area contributed by atoms with Gasteiger partial charge in [-0.1, -0.05) is 12.1 Å². The second-order valence-corrected chi connectivity index (χ2v) is 8.17. The fraction of sp³-hybridized carbons (Fsp3) is 0.476. The zero-order valence-electron chi connectivity index (χ0n) is 17.4. The molecule has 3 N–H and O–H groups in total. The van der Waals surface area contributed by atoms with Gasteiger partial charge in [-0.25, -0.2) is 9.59 Å². The molecule has 0 atom stereocenters. The molecule has 0 bridgehead atoms. The molecule has 10 heteroatoms. The lowest BCUT2D eigenvalue weighted by Crippen LogP contribution is -2.48. The number of aliphatic hydroxyl groups excluding tert-OH is 1. The molecular formula is C21H29N3O6S. The molecule has 0 spiro atoms. The van der Waals surface area contributed by atoms with Crippen molar-refractivity contribution >= 4 is 35.3 Å². The average Bonchev–Trinajstić information content (AvgIpc) is 2.77. The maximum atomic E-state index is 12.6. The zero-order chi connectivity index (χ0) is 22.6. The van der Waals surface area contributed by atoms with Crippen molar-refractivity contribution in [2.75, 3.05) is 63.1 Å². The number of aliphatic carboxylic acids is 2. The molecule has 0 aromatic heterocycles. The molecule has 0 aliphatic carbocycles. The fourth-order valence-electron chi connectivity index (χ4n) is 3.34. The molecule has 2 aliphatic rings. The molecule has 0 saturated carbocycles. The average molecular weight is 452 g/mol. The van der Waals surface area contributed by atoms with Crippen LogP contribution in [0.4, 0.5) is 5.69 Å². The SMILES string of the molecule is O=C(CCN1CCN(CCO)CC1)N1CCSc2ccccc21.O=C(O)/C=C\C(=O)O. The van der Waals surface area contributed by atoms with Crippen LogP contribution in [0, 0.1) is 0 Å². The quantitative estimate of drug-likeness (QED) is 0.518. The van der Waals surface area contributed by atoms with Crippen LogP contribution in [0.3, 0.4) is 0 Å². The van der Waals surface area contributed by atoms with E-state index in [1.165, 1.54) is 4.90 Å². The number of carbonyl (C=O) groups excluding carboxylic acids is 1. The highest BCUT2D eigenvalue weighted by Gasteiger charge is 2.23. The highest BCUT2D eigenvalue weighted by molar-refractivity contribution is 7.99. The van der Waals surface area contributed by atoms with Gasteiger partial charge < -0.3 is 25.1 Å². The summed E-state index contributed by atoms with van der Waals surface area (Å²) in [4.78, 5) is 39.5. The number of amides is 1. The van der Waals surface area contributed by atoms with Crippen LogP contribution in [-0.2, 0) is 14.4 Å². The molecule has 1 aromatic carbocycles. The summed E-state index contributed by atoms with van der Waals surface area (Å²) in [6, 6.07) is 8.18. The number of β-amino-alcohol motifs (C(OH)–C–C–N with tert-alkyl or cyclic N) is 1. The van der Waals surface area contributed by atoms with E-state index in [-0.39, 0.29) is 12.5 Å². The normalized spacial score (nSPS) is 17.0. The molecule has 0 unspecified atom stereocenters. The number of carbonyl (C=O) groups is 3. The van der Waals surface area contributed by atoms with Crippen LogP contribution in [0.5, 0.6) is 0 Å². The van der Waals surface area contributed by atoms with E-state index < -0.39 is 11.9 Å². The maximum Gasteiger partial charge on any atom is 0.328 e. The second kappa shape index (κ2) is 13.1. The minimum atomic E-state index is -1.26. The molecule has 3 rings (SSSR count). The number of benzene rings is 1. The van der Waals surface area contributed by atoms with E-state index in [9.17, 15) is 14.4 Å². The predicted molar refractivity (Wildman–Crippen MR) is 119 cm³/mol. The van der Waals surface area contributed by atoms with Gasteiger partial charge in [0.2, 0.25) is 5.91 Å². The van der Waals surface area contributed by atoms with Crippen molar-refractivity contribution in [1.82, 2.24) is 9.80 Å². The monoisotopic (exact) mass is 451 g/mol. The van der Waals surface area contributed by atoms with Gasteiger partial charge in [0.05, 0.1) is 12.3 Å². The Bertz CT molecular complexity index is 764. The number of piperazine rings is 1. The third kappa shape index (κ3) is 8.70. The maximum absolute atomic E-state index is 12.6. The van der Waals surface area contributed by atoms with Crippen LogP contribution in [0.2, 0.25) is 0 Å². The summed E-state index contributed by atoms with van der Waals surface area (Å²) in [6.45, 7) is 6.57. The van der Waals surface area contributed by atoms with Crippen molar-refractivity contribution in [3.05, 3.63) is 36.4 Å². The van der Waals surface area contributed by atoms with Crippen LogP contribution in [0.15, 0.2) is 41.3 Å². The Labute approximate surface area is 185 Å². The summed E-state index contributed by atoms with van der Waals surface area (Å²) in [5.74, 6) is -1.31. The first-order valence-electron chi connectivity index (χ1n) is 10.1. The molecule has 170 valence electrons. The number of hydrogen-bond acceptors (Lipinski definition) is 7. The van der Waals surface area contributed by atoms with E-state index in [0.717, 1.165) is 57.3 Å². The largest absolute Gasteiger partial charge is 0.478 e. The van der Waals surface area contributed by atoms with Gasteiger partial charge in [-0.3, -0.25) is 9.69 Å². The molecule has 1 aromatic rings. The van der Waals surface area contributed by atoms with Gasteiger partial charge in [0.1, 0.15) is 0 Å². The Morgan fingerprint density at radius 1 is 0.903 bits per heavy atom. The van der Waals surface area contributed by atoms with E-state index in [1.807, 2.05) is 34.9 Å². The van der Waals surface area contributed by atoms with Crippen molar-refractivity contribution in [2.24, 2.45) is 0 Å². The van der Waals surface area contributed by atoms with Crippen LogP contribution in [0.1, 0.15) is 6.42 Å². The number of carboxylic acid groups (broad SMARTS) is 2. The second-order valence-electron chi connectivity index (χ2n) is 7.03. The Kier molecular flexibility index (Phi) is 10.5. The number of anilines is 1. The van der Waals surface area contributed by atoms with Crippen LogP contribution < -0.4 is 4.90 Å². The number of thioether (sulfide) groups is 1. The molecule has 2 aliphatic heterocycles. The van der Waals surface area contributed by atoms with Gasteiger partial charge in [-0.2, -0.15) is 0 Å². The lowest BCUT2D eigenvalue weighted by molar-refractivity contribution is -0.134. The number of nitrogens with zero attached hydrogens (tertiary/aromatic N) is 3. The Hall–Kier alpha value is -2.40. The predicted octanol–water partition coefficient (Wildman–Crippen LogP) is 0.837. The highest BCUT2D eigenvalue weighted by atomic mass is 32.2.